The first-order valence-corrected chi connectivity index (χ1v) is 12.7. The van der Waals surface area contributed by atoms with E-state index < -0.39 is 48.3 Å². The zero-order valence-electron chi connectivity index (χ0n) is 22.1. The van der Waals surface area contributed by atoms with Gasteiger partial charge in [-0.1, -0.05) is 65.0 Å². The standard InChI is InChI=1S/C27H43N3O6/c1-6-20(26(34)28-16-18(4)5)14-23(31)21(13-19-10-8-7-9-11-19)29-25(33)15-22(27(35)36)30-24(32)12-17(2)3/h7-11,17-18,20-23,31H,6,12-16H2,1-5H3,(H,28,34)(H,29,33)(H,30,32)(H,35,36)/t20-,21+,22+,23+/m1/s1. The summed E-state index contributed by atoms with van der Waals surface area (Å²) in [5, 5.41) is 28.6. The van der Waals surface area contributed by atoms with Gasteiger partial charge < -0.3 is 26.2 Å². The average molecular weight is 506 g/mol. The number of aliphatic hydroxyl groups excluding tert-OH is 1. The minimum atomic E-state index is -1.38. The summed E-state index contributed by atoms with van der Waals surface area (Å²) in [5.74, 6) is -2.60. The number of aliphatic carboxylic acids is 1. The van der Waals surface area contributed by atoms with E-state index in [9.17, 15) is 29.4 Å². The molecule has 0 saturated carbocycles. The predicted molar refractivity (Wildman–Crippen MR) is 138 cm³/mol. The Balaban J connectivity index is 2.94. The first kappa shape index (κ1) is 31.1. The topological polar surface area (TPSA) is 145 Å². The number of carbonyl (C=O) groups excluding carboxylic acids is 3. The molecule has 1 aromatic rings. The Labute approximate surface area is 214 Å². The molecule has 202 valence electrons. The van der Waals surface area contributed by atoms with Gasteiger partial charge in [0.15, 0.2) is 0 Å². The minimum Gasteiger partial charge on any atom is -0.480 e. The lowest BCUT2D eigenvalue weighted by Crippen LogP contribution is -2.50. The van der Waals surface area contributed by atoms with Crippen LogP contribution in [0, 0.1) is 17.8 Å². The zero-order valence-corrected chi connectivity index (χ0v) is 22.1. The monoisotopic (exact) mass is 505 g/mol. The maximum Gasteiger partial charge on any atom is 0.326 e. The number of rotatable bonds is 16. The lowest BCUT2D eigenvalue weighted by atomic mass is 9.91. The molecule has 0 aliphatic carbocycles. The second-order valence-corrected chi connectivity index (χ2v) is 10.2. The number of benzene rings is 1. The first-order chi connectivity index (χ1) is 16.9. The van der Waals surface area contributed by atoms with Crippen molar-refractivity contribution in [2.45, 2.75) is 84.9 Å². The zero-order chi connectivity index (χ0) is 27.3. The fourth-order valence-corrected chi connectivity index (χ4v) is 3.79. The van der Waals surface area contributed by atoms with Gasteiger partial charge >= 0.3 is 5.97 Å². The number of amides is 3. The molecule has 9 heteroatoms. The van der Waals surface area contributed by atoms with Crippen LogP contribution in [0.5, 0.6) is 0 Å². The number of aliphatic hydroxyl groups is 1. The third-order valence-corrected chi connectivity index (χ3v) is 5.80. The molecule has 1 rings (SSSR count). The maximum absolute atomic E-state index is 12.8. The number of hydrogen-bond donors (Lipinski definition) is 5. The van der Waals surface area contributed by atoms with Crippen molar-refractivity contribution in [2.24, 2.45) is 17.8 Å². The highest BCUT2D eigenvalue weighted by molar-refractivity contribution is 5.88. The normalized spacial score (nSPS) is 14.6. The highest BCUT2D eigenvalue weighted by Crippen LogP contribution is 2.17. The first-order valence-electron chi connectivity index (χ1n) is 12.7. The van der Waals surface area contributed by atoms with Crippen LogP contribution in [-0.4, -0.2) is 58.6 Å². The second kappa shape index (κ2) is 15.9. The van der Waals surface area contributed by atoms with Crippen LogP contribution in [0.25, 0.3) is 0 Å². The van der Waals surface area contributed by atoms with Crippen LogP contribution in [0.2, 0.25) is 0 Å². The molecule has 0 aliphatic heterocycles. The van der Waals surface area contributed by atoms with Gasteiger partial charge in [0.2, 0.25) is 17.7 Å². The fourth-order valence-electron chi connectivity index (χ4n) is 3.79. The molecule has 0 fully saturated rings. The van der Waals surface area contributed by atoms with Gasteiger partial charge in [0.05, 0.1) is 18.6 Å². The van der Waals surface area contributed by atoms with Gasteiger partial charge in [-0.25, -0.2) is 4.79 Å². The summed E-state index contributed by atoms with van der Waals surface area (Å²) in [6, 6.07) is 7.16. The van der Waals surface area contributed by atoms with Crippen LogP contribution < -0.4 is 16.0 Å². The van der Waals surface area contributed by atoms with Gasteiger partial charge in [0.1, 0.15) is 6.04 Å². The lowest BCUT2D eigenvalue weighted by molar-refractivity contribution is -0.143. The van der Waals surface area contributed by atoms with Gasteiger partial charge in [-0.15, -0.1) is 0 Å². The molecule has 0 radical (unpaired) electrons. The summed E-state index contributed by atoms with van der Waals surface area (Å²) in [7, 11) is 0. The van der Waals surface area contributed by atoms with E-state index in [4.69, 9.17) is 0 Å². The Morgan fingerprint density at radius 1 is 0.889 bits per heavy atom. The quantitative estimate of drug-likeness (QED) is 0.233. The average Bonchev–Trinajstić information content (AvgIpc) is 2.79. The molecule has 0 aliphatic rings. The number of nitrogens with one attached hydrogen (secondary N) is 3. The largest absolute Gasteiger partial charge is 0.480 e. The van der Waals surface area contributed by atoms with Crippen LogP contribution in [0.3, 0.4) is 0 Å². The summed E-state index contributed by atoms with van der Waals surface area (Å²) < 4.78 is 0. The van der Waals surface area contributed by atoms with Crippen LogP contribution in [0.1, 0.15) is 65.9 Å². The highest BCUT2D eigenvalue weighted by Gasteiger charge is 2.30. The van der Waals surface area contributed by atoms with Crippen molar-refractivity contribution < 1.29 is 29.4 Å². The van der Waals surface area contributed by atoms with Gasteiger partial charge in [0.25, 0.3) is 0 Å². The minimum absolute atomic E-state index is 0.0444. The van der Waals surface area contributed by atoms with Crippen molar-refractivity contribution >= 4 is 23.7 Å². The molecule has 5 N–H and O–H groups in total. The molecule has 0 saturated heterocycles. The lowest BCUT2D eigenvalue weighted by Gasteiger charge is -2.28. The Hall–Kier alpha value is -2.94. The summed E-state index contributed by atoms with van der Waals surface area (Å²) >= 11 is 0. The van der Waals surface area contributed by atoms with E-state index in [1.165, 1.54) is 0 Å². The number of carboxylic acid groups (broad SMARTS) is 1. The van der Waals surface area contributed by atoms with Crippen LogP contribution in [0.15, 0.2) is 30.3 Å². The Bertz CT molecular complexity index is 843. The molecular weight excluding hydrogens is 462 g/mol. The summed E-state index contributed by atoms with van der Waals surface area (Å²) in [6.07, 6.45) is -0.388. The molecule has 0 bridgehead atoms. The number of carboxylic acids is 1. The molecule has 0 unspecified atom stereocenters. The molecule has 36 heavy (non-hydrogen) atoms. The molecule has 0 heterocycles. The van der Waals surface area contributed by atoms with Crippen LogP contribution in [-0.2, 0) is 25.6 Å². The predicted octanol–water partition coefficient (Wildman–Crippen LogP) is 2.27. The molecular formula is C27H43N3O6. The van der Waals surface area contributed by atoms with Crippen molar-refractivity contribution in [3.05, 3.63) is 35.9 Å². The smallest absolute Gasteiger partial charge is 0.326 e. The van der Waals surface area contributed by atoms with E-state index in [-0.39, 0.29) is 24.7 Å². The SMILES string of the molecule is CC[C@H](C[C@H](O)[C@H](Cc1ccccc1)NC(=O)C[C@H](NC(=O)CC(C)C)C(=O)O)C(=O)NCC(C)C. The van der Waals surface area contributed by atoms with Crippen molar-refractivity contribution in [3.8, 4) is 0 Å². The van der Waals surface area contributed by atoms with Crippen LogP contribution >= 0.6 is 0 Å². The van der Waals surface area contributed by atoms with Crippen molar-refractivity contribution in [1.82, 2.24) is 16.0 Å². The Kier molecular flexibility index (Phi) is 13.8. The van der Waals surface area contributed by atoms with Gasteiger partial charge in [-0.2, -0.15) is 0 Å². The van der Waals surface area contributed by atoms with Gasteiger partial charge in [-0.05, 0) is 36.7 Å². The fraction of sp³-hybridized carbons (Fsp3) is 0.630. The number of carbonyl (C=O) groups is 4. The van der Waals surface area contributed by atoms with Gasteiger partial charge in [-0.3, -0.25) is 14.4 Å². The third kappa shape index (κ3) is 12.2. The van der Waals surface area contributed by atoms with E-state index in [0.717, 1.165) is 5.56 Å². The van der Waals surface area contributed by atoms with Crippen molar-refractivity contribution in [1.29, 1.82) is 0 Å². The molecule has 1 aromatic carbocycles. The molecule has 3 amide bonds. The van der Waals surface area contributed by atoms with E-state index in [1.54, 1.807) is 0 Å². The van der Waals surface area contributed by atoms with Crippen molar-refractivity contribution in [3.63, 3.8) is 0 Å². The summed E-state index contributed by atoms with van der Waals surface area (Å²) in [4.78, 5) is 49.1. The molecule has 9 nitrogen and oxygen atoms in total. The summed E-state index contributed by atoms with van der Waals surface area (Å²) in [6.45, 7) is 10.1. The molecule has 0 spiro atoms. The van der Waals surface area contributed by atoms with E-state index >= 15 is 0 Å². The Morgan fingerprint density at radius 2 is 1.50 bits per heavy atom. The van der Waals surface area contributed by atoms with E-state index in [2.05, 4.69) is 16.0 Å². The number of hydrogen-bond acceptors (Lipinski definition) is 5. The van der Waals surface area contributed by atoms with E-state index in [1.807, 2.05) is 65.0 Å². The highest BCUT2D eigenvalue weighted by atomic mass is 16.4. The van der Waals surface area contributed by atoms with Gasteiger partial charge in [0, 0.05) is 18.9 Å². The Morgan fingerprint density at radius 3 is 2.03 bits per heavy atom. The van der Waals surface area contributed by atoms with Crippen molar-refractivity contribution in [2.75, 3.05) is 6.54 Å². The molecule has 0 aromatic heterocycles. The second-order valence-electron chi connectivity index (χ2n) is 10.2. The molecule has 4 atom stereocenters. The van der Waals surface area contributed by atoms with Crippen LogP contribution in [0.4, 0.5) is 0 Å². The van der Waals surface area contributed by atoms with E-state index in [0.29, 0.717) is 25.3 Å². The third-order valence-electron chi connectivity index (χ3n) is 5.80. The maximum atomic E-state index is 12.8. The summed E-state index contributed by atoms with van der Waals surface area (Å²) in [5.41, 5.74) is 0.874.